The third kappa shape index (κ3) is 3.19. The van der Waals surface area contributed by atoms with E-state index in [4.69, 9.17) is 4.99 Å². The minimum Gasteiger partial charge on any atom is -0.364 e. The molecule has 1 aliphatic heterocycles. The van der Waals surface area contributed by atoms with E-state index < -0.39 is 0 Å². The van der Waals surface area contributed by atoms with E-state index in [9.17, 15) is 0 Å². The van der Waals surface area contributed by atoms with Crippen LogP contribution in [0.4, 0.5) is 0 Å². The number of aromatic nitrogens is 2. The summed E-state index contributed by atoms with van der Waals surface area (Å²) in [6.45, 7) is 1.95. The zero-order valence-electron chi connectivity index (χ0n) is 12.3. The Morgan fingerprint density at radius 1 is 1.35 bits per heavy atom. The summed E-state index contributed by atoms with van der Waals surface area (Å²) < 4.78 is 2.08. The van der Waals surface area contributed by atoms with Crippen molar-refractivity contribution in [1.82, 2.24) is 14.9 Å². The topological polar surface area (TPSA) is 42.2 Å². The van der Waals surface area contributed by atoms with E-state index in [1.54, 1.807) is 0 Å². The van der Waals surface area contributed by atoms with Crippen molar-refractivity contribution in [2.45, 2.75) is 38.5 Å². The second kappa shape index (κ2) is 6.20. The highest BCUT2D eigenvalue weighted by Crippen LogP contribution is 2.41. The highest BCUT2D eigenvalue weighted by Gasteiger charge is 2.34. The van der Waals surface area contributed by atoms with Gasteiger partial charge in [0.05, 0.1) is 0 Å². The van der Waals surface area contributed by atoms with Crippen LogP contribution in [0.1, 0.15) is 37.9 Å². The summed E-state index contributed by atoms with van der Waals surface area (Å²) in [6.07, 6.45) is 11.8. The standard InChI is InChI=1S/C15H24N4S/c1-19-10-9-16-13(19)5-8-17-14-18-11-15(12-20-14)6-3-2-4-7-15/h9-10H,2-8,11-12H2,1H3,(H,17,18). The lowest BCUT2D eigenvalue weighted by Gasteiger charge is -2.38. The van der Waals surface area contributed by atoms with Gasteiger partial charge in [0.25, 0.3) is 0 Å². The predicted molar refractivity (Wildman–Crippen MR) is 85.2 cm³/mol. The average Bonchev–Trinajstić information content (AvgIpc) is 2.88. The van der Waals surface area contributed by atoms with Crippen molar-refractivity contribution in [2.24, 2.45) is 17.5 Å². The molecule has 0 amide bonds. The molecule has 110 valence electrons. The van der Waals surface area contributed by atoms with Crippen molar-refractivity contribution in [3.8, 4) is 0 Å². The minimum atomic E-state index is 0.522. The average molecular weight is 292 g/mol. The summed E-state index contributed by atoms with van der Waals surface area (Å²) in [6, 6.07) is 0. The van der Waals surface area contributed by atoms with E-state index in [1.165, 1.54) is 37.9 Å². The fourth-order valence-corrected chi connectivity index (χ4v) is 4.36. The number of amidine groups is 1. The first-order chi connectivity index (χ1) is 9.77. The molecule has 1 aliphatic carbocycles. The van der Waals surface area contributed by atoms with E-state index in [1.807, 2.05) is 31.2 Å². The molecule has 5 heteroatoms. The molecule has 20 heavy (non-hydrogen) atoms. The fraction of sp³-hybridized carbons (Fsp3) is 0.733. The molecule has 0 radical (unpaired) electrons. The number of rotatable bonds is 3. The molecule has 0 bridgehead atoms. The lowest BCUT2D eigenvalue weighted by molar-refractivity contribution is 0.232. The SMILES string of the molecule is Cn1ccnc1CCNC1=NCC2(CCCCC2)CS1. The van der Waals surface area contributed by atoms with Crippen LogP contribution in [0.3, 0.4) is 0 Å². The van der Waals surface area contributed by atoms with Crippen molar-refractivity contribution in [3.05, 3.63) is 18.2 Å². The van der Waals surface area contributed by atoms with Gasteiger partial charge < -0.3 is 9.88 Å². The molecule has 4 nitrogen and oxygen atoms in total. The molecule has 1 fully saturated rings. The summed E-state index contributed by atoms with van der Waals surface area (Å²) in [7, 11) is 2.04. The van der Waals surface area contributed by atoms with Crippen LogP contribution in [0, 0.1) is 5.41 Å². The first kappa shape index (κ1) is 14.0. The van der Waals surface area contributed by atoms with Gasteiger partial charge in [-0.15, -0.1) is 0 Å². The minimum absolute atomic E-state index is 0.522. The highest BCUT2D eigenvalue weighted by molar-refractivity contribution is 8.13. The molecule has 0 aromatic carbocycles. The van der Waals surface area contributed by atoms with E-state index >= 15 is 0 Å². The van der Waals surface area contributed by atoms with Gasteiger partial charge in [0, 0.05) is 44.7 Å². The van der Waals surface area contributed by atoms with Crippen molar-refractivity contribution < 1.29 is 0 Å². The van der Waals surface area contributed by atoms with Crippen molar-refractivity contribution in [1.29, 1.82) is 0 Å². The third-order valence-electron chi connectivity index (χ3n) is 4.53. The van der Waals surface area contributed by atoms with Crippen molar-refractivity contribution in [2.75, 3.05) is 18.8 Å². The number of nitrogens with zero attached hydrogens (tertiary/aromatic N) is 3. The van der Waals surface area contributed by atoms with Crippen molar-refractivity contribution >= 4 is 16.9 Å². The molecule has 1 spiro atoms. The van der Waals surface area contributed by atoms with Gasteiger partial charge >= 0.3 is 0 Å². The maximum absolute atomic E-state index is 4.79. The lowest BCUT2D eigenvalue weighted by atomic mass is 9.75. The Labute approximate surface area is 125 Å². The summed E-state index contributed by atoms with van der Waals surface area (Å²) in [5.41, 5.74) is 0.522. The van der Waals surface area contributed by atoms with Crippen LogP contribution >= 0.6 is 11.8 Å². The quantitative estimate of drug-likeness (QED) is 0.931. The van der Waals surface area contributed by atoms with Crippen LogP contribution in [-0.2, 0) is 13.5 Å². The maximum atomic E-state index is 4.79. The van der Waals surface area contributed by atoms with E-state index in [-0.39, 0.29) is 0 Å². The van der Waals surface area contributed by atoms with Gasteiger partial charge in [-0.25, -0.2) is 4.98 Å². The van der Waals surface area contributed by atoms with Gasteiger partial charge in [0.1, 0.15) is 5.82 Å². The summed E-state index contributed by atoms with van der Waals surface area (Å²) in [5.74, 6) is 2.38. The summed E-state index contributed by atoms with van der Waals surface area (Å²) in [5, 5.41) is 4.60. The highest BCUT2D eigenvalue weighted by atomic mass is 32.2. The Bertz CT molecular complexity index is 474. The fourth-order valence-electron chi connectivity index (χ4n) is 3.18. The van der Waals surface area contributed by atoms with Gasteiger partial charge in [-0.2, -0.15) is 0 Å². The van der Waals surface area contributed by atoms with Gasteiger partial charge in [-0.1, -0.05) is 31.0 Å². The smallest absolute Gasteiger partial charge is 0.156 e. The van der Waals surface area contributed by atoms with Crippen LogP contribution in [0.2, 0.25) is 0 Å². The zero-order valence-corrected chi connectivity index (χ0v) is 13.1. The van der Waals surface area contributed by atoms with Crippen LogP contribution in [0.15, 0.2) is 17.4 Å². The van der Waals surface area contributed by atoms with Crippen molar-refractivity contribution in [3.63, 3.8) is 0 Å². The Kier molecular flexibility index (Phi) is 4.34. The molecule has 3 rings (SSSR count). The van der Waals surface area contributed by atoms with Gasteiger partial charge in [-0.05, 0) is 18.3 Å². The second-order valence-corrected chi connectivity index (χ2v) is 7.07. The van der Waals surface area contributed by atoms with E-state index in [2.05, 4.69) is 14.9 Å². The molecular formula is C15H24N4S. The molecule has 0 atom stereocenters. The number of aliphatic imine (C=N–C) groups is 1. The second-order valence-electron chi connectivity index (χ2n) is 6.10. The van der Waals surface area contributed by atoms with Gasteiger partial charge in [-0.3, -0.25) is 4.99 Å². The number of nitrogens with one attached hydrogen (secondary N) is 1. The van der Waals surface area contributed by atoms with Gasteiger partial charge in [0.15, 0.2) is 5.17 Å². The molecule has 0 unspecified atom stereocenters. The summed E-state index contributed by atoms with van der Waals surface area (Å²) >= 11 is 1.92. The predicted octanol–water partition coefficient (Wildman–Crippen LogP) is 2.61. The molecule has 2 aliphatic rings. The monoisotopic (exact) mass is 292 g/mol. The Morgan fingerprint density at radius 2 is 2.20 bits per heavy atom. The first-order valence-electron chi connectivity index (χ1n) is 7.65. The maximum Gasteiger partial charge on any atom is 0.156 e. The molecule has 1 aromatic heterocycles. The number of hydrogen-bond donors (Lipinski definition) is 1. The normalized spacial score (nSPS) is 21.8. The molecular weight excluding hydrogens is 268 g/mol. The molecule has 2 heterocycles. The zero-order chi connectivity index (χ0) is 13.8. The molecule has 1 aromatic rings. The first-order valence-corrected chi connectivity index (χ1v) is 8.63. The number of imidazole rings is 1. The molecule has 1 N–H and O–H groups in total. The largest absolute Gasteiger partial charge is 0.364 e. The Balaban J connectivity index is 1.46. The Morgan fingerprint density at radius 3 is 2.85 bits per heavy atom. The van der Waals surface area contributed by atoms with Crippen LogP contribution in [-0.4, -0.2) is 33.6 Å². The Hall–Kier alpha value is -0.970. The number of thioether (sulfide) groups is 1. The van der Waals surface area contributed by atoms with Crippen LogP contribution in [0.25, 0.3) is 0 Å². The lowest BCUT2D eigenvalue weighted by Crippen LogP contribution is -2.37. The number of aryl methyl sites for hydroxylation is 1. The molecule has 0 saturated heterocycles. The van der Waals surface area contributed by atoms with E-state index in [0.29, 0.717) is 5.41 Å². The molecule has 1 saturated carbocycles. The third-order valence-corrected chi connectivity index (χ3v) is 5.84. The van der Waals surface area contributed by atoms with Gasteiger partial charge in [0.2, 0.25) is 0 Å². The number of hydrogen-bond acceptors (Lipinski definition) is 4. The summed E-state index contributed by atoms with van der Waals surface area (Å²) in [4.78, 5) is 9.13. The van der Waals surface area contributed by atoms with Crippen LogP contribution in [0.5, 0.6) is 0 Å². The van der Waals surface area contributed by atoms with Crippen LogP contribution < -0.4 is 5.32 Å². The van der Waals surface area contributed by atoms with E-state index in [0.717, 1.165) is 30.5 Å².